The van der Waals surface area contributed by atoms with Gasteiger partial charge in [0.2, 0.25) is 15.9 Å². The van der Waals surface area contributed by atoms with Crippen LogP contribution in [0.3, 0.4) is 0 Å². The number of carbonyl (C=O) groups is 1. The molecular weight excluding hydrogens is 428 g/mol. The zero-order valence-electron chi connectivity index (χ0n) is 17.0. The Labute approximate surface area is 187 Å². The molecule has 31 heavy (non-hydrogen) atoms. The Morgan fingerprint density at radius 1 is 0.903 bits per heavy atom. The van der Waals surface area contributed by atoms with Gasteiger partial charge in [-0.2, -0.15) is 4.31 Å². The molecule has 1 aliphatic rings. The monoisotopic (exact) mass is 452 g/mol. The van der Waals surface area contributed by atoms with E-state index < -0.39 is 10.0 Å². The molecule has 0 aromatic heterocycles. The van der Waals surface area contributed by atoms with Crippen molar-refractivity contribution in [2.24, 2.45) is 0 Å². The maximum Gasteiger partial charge on any atom is 0.243 e. The summed E-state index contributed by atoms with van der Waals surface area (Å²) < 4.78 is 28.8. The van der Waals surface area contributed by atoms with E-state index >= 15 is 0 Å². The van der Waals surface area contributed by atoms with Gasteiger partial charge in [0.15, 0.2) is 0 Å². The van der Waals surface area contributed by atoms with Crippen molar-refractivity contribution in [1.29, 1.82) is 0 Å². The molecule has 0 spiro atoms. The molecule has 0 atom stereocenters. The van der Waals surface area contributed by atoms with Crippen LogP contribution in [0.4, 0.5) is 5.69 Å². The molecule has 1 N–H and O–H groups in total. The molecule has 4 rings (SSSR count). The Morgan fingerprint density at radius 3 is 2.29 bits per heavy atom. The number of fused-ring (bicyclic) bond motifs is 1. The third-order valence-corrected chi connectivity index (χ3v) is 8.06. The molecule has 0 saturated heterocycles. The van der Waals surface area contributed by atoms with E-state index in [1.807, 2.05) is 60.7 Å². The van der Waals surface area contributed by atoms with Crippen molar-refractivity contribution >= 4 is 33.4 Å². The van der Waals surface area contributed by atoms with Crippen LogP contribution in [0, 0.1) is 0 Å². The molecule has 7 heteroatoms. The molecule has 0 saturated carbocycles. The first-order valence-electron chi connectivity index (χ1n) is 10.2. The number of nitrogens with one attached hydrogen (secondary N) is 1. The zero-order valence-corrected chi connectivity index (χ0v) is 18.7. The second-order valence-electron chi connectivity index (χ2n) is 7.36. The molecule has 1 heterocycles. The smallest absolute Gasteiger partial charge is 0.243 e. The van der Waals surface area contributed by atoms with Crippen molar-refractivity contribution < 1.29 is 13.2 Å². The van der Waals surface area contributed by atoms with E-state index in [-0.39, 0.29) is 17.3 Å². The van der Waals surface area contributed by atoms with Crippen LogP contribution in [-0.2, 0) is 27.8 Å². The van der Waals surface area contributed by atoms with Gasteiger partial charge in [-0.1, -0.05) is 60.7 Å². The van der Waals surface area contributed by atoms with Gasteiger partial charge >= 0.3 is 0 Å². The summed E-state index contributed by atoms with van der Waals surface area (Å²) in [5, 5.41) is 2.84. The van der Waals surface area contributed by atoms with E-state index in [4.69, 9.17) is 0 Å². The van der Waals surface area contributed by atoms with Gasteiger partial charge in [-0.3, -0.25) is 4.79 Å². The van der Waals surface area contributed by atoms with Crippen LogP contribution in [0.1, 0.15) is 17.5 Å². The number of amides is 1. The Morgan fingerprint density at radius 2 is 1.58 bits per heavy atom. The number of hydrogen-bond acceptors (Lipinski definition) is 4. The number of benzene rings is 3. The van der Waals surface area contributed by atoms with E-state index in [1.165, 1.54) is 4.31 Å². The minimum absolute atomic E-state index is 0.0917. The van der Waals surface area contributed by atoms with Gasteiger partial charge < -0.3 is 5.32 Å². The van der Waals surface area contributed by atoms with Crippen LogP contribution in [-0.4, -0.2) is 30.9 Å². The standard InChI is InChI=1S/C24H24N2O3S2/c27-24-14-16-30-23-12-11-21(17-22(23)25-24)31(28,29)26(18-20-9-5-2-6-10-20)15-13-19-7-3-1-4-8-19/h1-12,17H,13-16,18H2,(H,25,27). The lowest BCUT2D eigenvalue weighted by Crippen LogP contribution is -2.32. The van der Waals surface area contributed by atoms with Gasteiger partial charge in [0, 0.05) is 30.2 Å². The lowest BCUT2D eigenvalue weighted by Gasteiger charge is -2.23. The fourth-order valence-electron chi connectivity index (χ4n) is 3.48. The van der Waals surface area contributed by atoms with Crippen molar-refractivity contribution in [3.8, 4) is 0 Å². The summed E-state index contributed by atoms with van der Waals surface area (Å²) >= 11 is 1.56. The molecule has 3 aromatic rings. The van der Waals surface area contributed by atoms with Crippen molar-refractivity contribution in [2.75, 3.05) is 17.6 Å². The van der Waals surface area contributed by atoms with Crippen LogP contribution in [0.5, 0.6) is 0 Å². The zero-order chi connectivity index (χ0) is 21.7. The van der Waals surface area contributed by atoms with E-state index in [1.54, 1.807) is 30.0 Å². The minimum Gasteiger partial charge on any atom is -0.325 e. The second-order valence-corrected chi connectivity index (χ2v) is 10.4. The average Bonchev–Trinajstić information content (AvgIpc) is 2.97. The maximum atomic E-state index is 13.6. The molecule has 0 unspecified atom stereocenters. The van der Waals surface area contributed by atoms with Crippen LogP contribution < -0.4 is 5.32 Å². The lowest BCUT2D eigenvalue weighted by atomic mass is 10.1. The normalized spacial score (nSPS) is 14.0. The van der Waals surface area contributed by atoms with Crippen molar-refractivity contribution in [2.45, 2.75) is 29.2 Å². The summed E-state index contributed by atoms with van der Waals surface area (Å²) in [6, 6.07) is 24.5. The van der Waals surface area contributed by atoms with Gasteiger partial charge in [0.25, 0.3) is 0 Å². The Bertz CT molecular complexity index is 1150. The van der Waals surface area contributed by atoms with Gasteiger partial charge in [-0.15, -0.1) is 11.8 Å². The summed E-state index contributed by atoms with van der Waals surface area (Å²) in [7, 11) is -3.76. The number of anilines is 1. The first-order chi connectivity index (χ1) is 15.0. The summed E-state index contributed by atoms with van der Waals surface area (Å²) in [6.45, 7) is 0.646. The van der Waals surface area contributed by atoms with E-state index in [9.17, 15) is 13.2 Å². The minimum atomic E-state index is -3.76. The third-order valence-electron chi connectivity index (χ3n) is 5.14. The predicted molar refractivity (Wildman–Crippen MR) is 125 cm³/mol. The highest BCUT2D eigenvalue weighted by Crippen LogP contribution is 2.33. The first-order valence-corrected chi connectivity index (χ1v) is 12.6. The number of nitrogens with zero attached hydrogens (tertiary/aromatic N) is 1. The van der Waals surface area contributed by atoms with E-state index in [2.05, 4.69) is 5.32 Å². The molecule has 0 aliphatic carbocycles. The van der Waals surface area contributed by atoms with Gasteiger partial charge in [-0.25, -0.2) is 8.42 Å². The highest BCUT2D eigenvalue weighted by atomic mass is 32.2. The van der Waals surface area contributed by atoms with E-state index in [0.29, 0.717) is 30.8 Å². The summed E-state index contributed by atoms with van der Waals surface area (Å²) in [5.74, 6) is 0.591. The number of sulfonamides is 1. The first kappa shape index (κ1) is 21.6. The van der Waals surface area contributed by atoms with Crippen LogP contribution >= 0.6 is 11.8 Å². The van der Waals surface area contributed by atoms with Crippen molar-refractivity contribution in [3.63, 3.8) is 0 Å². The van der Waals surface area contributed by atoms with Crippen LogP contribution in [0.25, 0.3) is 0 Å². The van der Waals surface area contributed by atoms with Crippen LogP contribution in [0.15, 0.2) is 88.7 Å². The largest absolute Gasteiger partial charge is 0.325 e. The molecule has 0 fully saturated rings. The van der Waals surface area contributed by atoms with Gasteiger partial charge in [-0.05, 0) is 35.7 Å². The maximum absolute atomic E-state index is 13.6. The van der Waals surface area contributed by atoms with Crippen LogP contribution in [0.2, 0.25) is 0 Å². The molecule has 1 aliphatic heterocycles. The second kappa shape index (κ2) is 9.68. The number of rotatable bonds is 7. The molecule has 0 radical (unpaired) electrons. The third kappa shape index (κ3) is 5.36. The summed E-state index contributed by atoms with van der Waals surface area (Å²) in [6.07, 6.45) is 1.03. The van der Waals surface area contributed by atoms with Crippen molar-refractivity contribution in [1.82, 2.24) is 4.31 Å². The SMILES string of the molecule is O=C1CCSc2ccc(S(=O)(=O)N(CCc3ccccc3)Cc3ccccc3)cc2N1. The quantitative estimate of drug-likeness (QED) is 0.571. The number of hydrogen-bond donors (Lipinski definition) is 1. The molecule has 3 aromatic carbocycles. The van der Waals surface area contributed by atoms with Gasteiger partial charge in [0.05, 0.1) is 10.6 Å². The molecule has 1 amide bonds. The van der Waals surface area contributed by atoms with E-state index in [0.717, 1.165) is 16.0 Å². The molecule has 0 bridgehead atoms. The Kier molecular flexibility index (Phi) is 6.75. The Balaban J connectivity index is 1.64. The number of thioether (sulfide) groups is 1. The number of carbonyl (C=O) groups excluding carboxylic acids is 1. The molecule has 5 nitrogen and oxygen atoms in total. The lowest BCUT2D eigenvalue weighted by molar-refractivity contribution is -0.115. The topological polar surface area (TPSA) is 66.5 Å². The summed E-state index contributed by atoms with van der Waals surface area (Å²) in [5.41, 5.74) is 2.58. The highest BCUT2D eigenvalue weighted by Gasteiger charge is 2.26. The van der Waals surface area contributed by atoms with Crippen molar-refractivity contribution in [3.05, 3.63) is 90.0 Å². The summed E-state index contributed by atoms with van der Waals surface area (Å²) in [4.78, 5) is 13.0. The fourth-order valence-corrected chi connectivity index (χ4v) is 5.87. The van der Waals surface area contributed by atoms with Gasteiger partial charge in [0.1, 0.15) is 0 Å². The molecular formula is C24H24N2O3S2. The predicted octanol–water partition coefficient (Wildman–Crippen LogP) is 4.55. The molecule has 160 valence electrons. The fraction of sp³-hybridized carbons (Fsp3) is 0.208. The highest BCUT2D eigenvalue weighted by molar-refractivity contribution is 7.99. The average molecular weight is 453 g/mol. The Hall–Kier alpha value is -2.61.